The van der Waals surface area contributed by atoms with Crippen molar-refractivity contribution >= 4 is 0 Å². The molecule has 2 unspecified atom stereocenters. The van der Waals surface area contributed by atoms with Gasteiger partial charge in [-0.3, -0.25) is 0 Å². The third-order valence-electron chi connectivity index (χ3n) is 3.95. The van der Waals surface area contributed by atoms with E-state index in [1.165, 1.54) is 26.1 Å². The summed E-state index contributed by atoms with van der Waals surface area (Å²) in [7, 11) is 4.38. The SMILES string of the molecule is CCC(C)(CO)CN(C)CC1CCN(C)C1. The molecule has 1 rings (SSSR count). The fraction of sp³-hybridized carbons (Fsp3) is 1.00. The van der Waals surface area contributed by atoms with Crippen molar-refractivity contribution < 1.29 is 5.11 Å². The Hall–Kier alpha value is -0.120. The minimum atomic E-state index is 0.0687. The molecule has 0 radical (unpaired) electrons. The van der Waals surface area contributed by atoms with Crippen LogP contribution in [0.4, 0.5) is 0 Å². The molecular weight excluding hydrogens is 200 g/mol. The number of nitrogens with zero attached hydrogens (tertiary/aromatic N) is 2. The Morgan fingerprint density at radius 1 is 1.50 bits per heavy atom. The predicted octanol–water partition coefficient (Wildman–Crippen LogP) is 1.28. The Bertz CT molecular complexity index is 204. The van der Waals surface area contributed by atoms with Gasteiger partial charge in [0.15, 0.2) is 0 Å². The fourth-order valence-electron chi connectivity index (χ4n) is 2.61. The van der Waals surface area contributed by atoms with Gasteiger partial charge in [0, 0.05) is 31.7 Å². The van der Waals surface area contributed by atoms with E-state index in [-0.39, 0.29) is 5.41 Å². The summed E-state index contributed by atoms with van der Waals surface area (Å²) in [6.07, 6.45) is 2.36. The molecule has 0 aromatic rings. The summed E-state index contributed by atoms with van der Waals surface area (Å²) in [5.41, 5.74) is 0.0687. The Labute approximate surface area is 100 Å². The smallest absolute Gasteiger partial charge is 0.0496 e. The highest BCUT2D eigenvalue weighted by Gasteiger charge is 2.26. The third kappa shape index (κ3) is 4.04. The molecular formula is C13H28N2O. The second-order valence-corrected chi connectivity index (χ2v) is 5.94. The lowest BCUT2D eigenvalue weighted by molar-refractivity contribution is 0.0896. The Balaban J connectivity index is 2.32. The van der Waals surface area contributed by atoms with Crippen LogP contribution in [0, 0.1) is 11.3 Å². The van der Waals surface area contributed by atoms with Gasteiger partial charge in [0.1, 0.15) is 0 Å². The van der Waals surface area contributed by atoms with Crippen molar-refractivity contribution in [2.24, 2.45) is 11.3 Å². The van der Waals surface area contributed by atoms with Crippen molar-refractivity contribution in [3.05, 3.63) is 0 Å². The summed E-state index contributed by atoms with van der Waals surface area (Å²) in [4.78, 5) is 4.80. The minimum absolute atomic E-state index is 0.0687. The number of aliphatic hydroxyl groups excluding tert-OH is 1. The summed E-state index contributed by atoms with van der Waals surface area (Å²) >= 11 is 0. The normalized spacial score (nSPS) is 26.2. The van der Waals surface area contributed by atoms with E-state index >= 15 is 0 Å². The van der Waals surface area contributed by atoms with Crippen LogP contribution in [-0.4, -0.2) is 61.8 Å². The monoisotopic (exact) mass is 228 g/mol. The molecule has 3 heteroatoms. The van der Waals surface area contributed by atoms with Crippen LogP contribution in [0.1, 0.15) is 26.7 Å². The van der Waals surface area contributed by atoms with Crippen molar-refractivity contribution in [1.82, 2.24) is 9.80 Å². The summed E-state index contributed by atoms with van der Waals surface area (Å²) in [5.74, 6) is 0.815. The van der Waals surface area contributed by atoms with Crippen molar-refractivity contribution in [3.8, 4) is 0 Å². The zero-order valence-electron chi connectivity index (χ0n) is 11.4. The maximum atomic E-state index is 9.40. The van der Waals surface area contributed by atoms with E-state index in [1.807, 2.05) is 0 Å². The van der Waals surface area contributed by atoms with Crippen LogP contribution < -0.4 is 0 Å². The molecule has 0 bridgehead atoms. The van der Waals surface area contributed by atoms with Gasteiger partial charge in [-0.05, 0) is 39.4 Å². The first-order chi connectivity index (χ1) is 7.49. The lowest BCUT2D eigenvalue weighted by atomic mass is 9.88. The first kappa shape index (κ1) is 13.9. The van der Waals surface area contributed by atoms with Gasteiger partial charge >= 0.3 is 0 Å². The highest BCUT2D eigenvalue weighted by Crippen LogP contribution is 2.22. The van der Waals surface area contributed by atoms with Gasteiger partial charge in [-0.1, -0.05) is 13.8 Å². The number of hydrogen-bond acceptors (Lipinski definition) is 3. The summed E-state index contributed by atoms with van der Waals surface area (Å²) in [6.45, 7) is 9.26. The molecule has 0 saturated carbocycles. The molecule has 1 aliphatic rings. The molecule has 0 aromatic heterocycles. The Morgan fingerprint density at radius 3 is 2.62 bits per heavy atom. The molecule has 0 amide bonds. The van der Waals surface area contributed by atoms with Gasteiger partial charge in [0.05, 0.1) is 0 Å². The summed E-state index contributed by atoms with van der Waals surface area (Å²) < 4.78 is 0. The molecule has 1 aliphatic heterocycles. The third-order valence-corrected chi connectivity index (χ3v) is 3.95. The molecule has 1 heterocycles. The Morgan fingerprint density at radius 2 is 2.19 bits per heavy atom. The zero-order valence-corrected chi connectivity index (χ0v) is 11.4. The van der Waals surface area contributed by atoms with Crippen molar-refractivity contribution in [2.45, 2.75) is 26.7 Å². The average Bonchev–Trinajstić information content (AvgIpc) is 2.63. The van der Waals surface area contributed by atoms with E-state index in [1.54, 1.807) is 0 Å². The molecule has 1 saturated heterocycles. The molecule has 0 spiro atoms. The van der Waals surface area contributed by atoms with Crippen molar-refractivity contribution in [2.75, 3.05) is 46.9 Å². The van der Waals surface area contributed by atoms with Gasteiger partial charge in [0.25, 0.3) is 0 Å². The molecule has 2 atom stereocenters. The standard InChI is InChI=1S/C13H28N2O/c1-5-13(2,11-16)10-15(4)9-12-6-7-14(3)8-12/h12,16H,5-11H2,1-4H3. The highest BCUT2D eigenvalue weighted by atomic mass is 16.3. The maximum absolute atomic E-state index is 9.40. The minimum Gasteiger partial charge on any atom is -0.396 e. The van der Waals surface area contributed by atoms with Gasteiger partial charge in [-0.15, -0.1) is 0 Å². The van der Waals surface area contributed by atoms with Gasteiger partial charge < -0.3 is 14.9 Å². The van der Waals surface area contributed by atoms with Gasteiger partial charge in [-0.2, -0.15) is 0 Å². The number of rotatable bonds is 6. The van der Waals surface area contributed by atoms with Crippen LogP contribution in [0.25, 0.3) is 0 Å². The first-order valence-corrected chi connectivity index (χ1v) is 6.47. The Kier molecular flexibility index (Phi) is 5.22. The van der Waals surface area contributed by atoms with E-state index in [2.05, 4.69) is 37.7 Å². The van der Waals surface area contributed by atoms with E-state index in [0.717, 1.165) is 18.9 Å². The fourth-order valence-corrected chi connectivity index (χ4v) is 2.61. The lowest BCUT2D eigenvalue weighted by Crippen LogP contribution is -2.38. The lowest BCUT2D eigenvalue weighted by Gasteiger charge is -2.32. The molecule has 16 heavy (non-hydrogen) atoms. The van der Waals surface area contributed by atoms with Crippen molar-refractivity contribution in [1.29, 1.82) is 0 Å². The maximum Gasteiger partial charge on any atom is 0.0496 e. The molecule has 3 nitrogen and oxygen atoms in total. The van der Waals surface area contributed by atoms with E-state index in [0.29, 0.717) is 6.61 Å². The highest BCUT2D eigenvalue weighted by molar-refractivity contribution is 4.79. The van der Waals surface area contributed by atoms with Crippen molar-refractivity contribution in [3.63, 3.8) is 0 Å². The van der Waals surface area contributed by atoms with Crippen LogP contribution in [0.2, 0.25) is 0 Å². The molecule has 0 aromatic carbocycles. The van der Waals surface area contributed by atoms with Gasteiger partial charge in [0.2, 0.25) is 0 Å². The number of likely N-dealkylation sites (tertiary alicyclic amines) is 1. The average molecular weight is 228 g/mol. The predicted molar refractivity (Wildman–Crippen MR) is 68.6 cm³/mol. The van der Waals surface area contributed by atoms with E-state index < -0.39 is 0 Å². The van der Waals surface area contributed by atoms with Crippen LogP contribution >= 0.6 is 0 Å². The van der Waals surface area contributed by atoms with Crippen LogP contribution in [-0.2, 0) is 0 Å². The van der Waals surface area contributed by atoms with Crippen LogP contribution in [0.15, 0.2) is 0 Å². The van der Waals surface area contributed by atoms with Crippen LogP contribution in [0.3, 0.4) is 0 Å². The number of hydrogen-bond donors (Lipinski definition) is 1. The quantitative estimate of drug-likeness (QED) is 0.742. The van der Waals surface area contributed by atoms with E-state index in [9.17, 15) is 5.11 Å². The molecule has 1 N–H and O–H groups in total. The topological polar surface area (TPSA) is 26.7 Å². The summed E-state index contributed by atoms with van der Waals surface area (Å²) in [6, 6.07) is 0. The summed E-state index contributed by atoms with van der Waals surface area (Å²) in [5, 5.41) is 9.40. The first-order valence-electron chi connectivity index (χ1n) is 6.47. The second kappa shape index (κ2) is 5.99. The second-order valence-electron chi connectivity index (χ2n) is 5.94. The molecule has 1 fully saturated rings. The zero-order chi connectivity index (χ0) is 12.2. The largest absolute Gasteiger partial charge is 0.396 e. The number of aliphatic hydroxyl groups is 1. The van der Waals surface area contributed by atoms with E-state index in [4.69, 9.17) is 0 Å². The van der Waals surface area contributed by atoms with Crippen LogP contribution in [0.5, 0.6) is 0 Å². The molecule has 96 valence electrons. The van der Waals surface area contributed by atoms with Gasteiger partial charge in [-0.25, -0.2) is 0 Å². The molecule has 0 aliphatic carbocycles.